The van der Waals surface area contributed by atoms with Gasteiger partial charge in [0.2, 0.25) is 0 Å². The van der Waals surface area contributed by atoms with Crippen molar-refractivity contribution in [1.82, 2.24) is 0 Å². The zero-order valence-corrected chi connectivity index (χ0v) is 13.6. The SMILES string of the molecule is Cc1ccc([C@H]2CC(=O)Oc3ccc(C(C)(C)C)cc32)cc1. The first-order chi connectivity index (χ1) is 10.3. The third-order valence-corrected chi connectivity index (χ3v) is 4.33. The van der Waals surface area contributed by atoms with E-state index >= 15 is 0 Å². The second-order valence-corrected chi connectivity index (χ2v) is 7.14. The molecule has 0 amide bonds. The molecule has 2 nitrogen and oxygen atoms in total. The average molecular weight is 294 g/mol. The summed E-state index contributed by atoms with van der Waals surface area (Å²) in [4.78, 5) is 11.9. The summed E-state index contributed by atoms with van der Waals surface area (Å²) in [5.74, 6) is 0.635. The highest BCUT2D eigenvalue weighted by Gasteiger charge is 2.29. The molecule has 0 spiro atoms. The number of carbonyl (C=O) groups is 1. The highest BCUT2D eigenvalue weighted by molar-refractivity contribution is 5.77. The lowest BCUT2D eigenvalue weighted by Gasteiger charge is -2.28. The minimum absolute atomic E-state index is 0.0777. The summed E-state index contributed by atoms with van der Waals surface area (Å²) >= 11 is 0. The van der Waals surface area contributed by atoms with Crippen LogP contribution < -0.4 is 4.74 Å². The van der Waals surface area contributed by atoms with Gasteiger partial charge < -0.3 is 4.74 Å². The fourth-order valence-corrected chi connectivity index (χ4v) is 2.92. The van der Waals surface area contributed by atoms with Crippen LogP contribution in [-0.2, 0) is 10.2 Å². The normalized spacial score (nSPS) is 17.8. The van der Waals surface area contributed by atoms with Crippen molar-refractivity contribution in [3.8, 4) is 5.75 Å². The Hall–Kier alpha value is -2.09. The van der Waals surface area contributed by atoms with Gasteiger partial charge in [-0.1, -0.05) is 62.7 Å². The van der Waals surface area contributed by atoms with E-state index in [1.807, 2.05) is 6.07 Å². The molecular formula is C20H22O2. The van der Waals surface area contributed by atoms with Crippen LogP contribution in [0.3, 0.4) is 0 Å². The number of esters is 1. The lowest BCUT2D eigenvalue weighted by atomic mass is 9.81. The van der Waals surface area contributed by atoms with Crippen LogP contribution in [0.4, 0.5) is 0 Å². The molecule has 0 radical (unpaired) electrons. The van der Waals surface area contributed by atoms with Gasteiger partial charge in [0, 0.05) is 11.5 Å². The van der Waals surface area contributed by atoms with E-state index in [0.717, 1.165) is 5.56 Å². The third-order valence-electron chi connectivity index (χ3n) is 4.33. The quantitative estimate of drug-likeness (QED) is 0.561. The van der Waals surface area contributed by atoms with Gasteiger partial charge in [0.05, 0.1) is 6.42 Å². The maximum absolute atomic E-state index is 11.9. The Bertz CT molecular complexity index is 705. The van der Waals surface area contributed by atoms with Gasteiger partial charge in [-0.2, -0.15) is 0 Å². The zero-order valence-electron chi connectivity index (χ0n) is 13.6. The minimum atomic E-state index is -0.151. The second-order valence-electron chi connectivity index (χ2n) is 7.14. The number of aryl methyl sites for hydroxylation is 1. The molecular weight excluding hydrogens is 272 g/mol. The van der Waals surface area contributed by atoms with E-state index in [9.17, 15) is 4.79 Å². The predicted octanol–water partition coefficient (Wildman–Crippen LogP) is 4.73. The van der Waals surface area contributed by atoms with E-state index < -0.39 is 0 Å². The van der Waals surface area contributed by atoms with Crippen LogP contribution in [0.25, 0.3) is 0 Å². The Labute approximate surface area is 132 Å². The van der Waals surface area contributed by atoms with Gasteiger partial charge in [-0.05, 0) is 29.5 Å². The van der Waals surface area contributed by atoms with Crippen LogP contribution in [-0.4, -0.2) is 5.97 Å². The van der Waals surface area contributed by atoms with Crippen LogP contribution in [0, 0.1) is 6.92 Å². The molecule has 0 unspecified atom stereocenters. The number of benzene rings is 2. The van der Waals surface area contributed by atoms with Gasteiger partial charge in [0.25, 0.3) is 0 Å². The maximum atomic E-state index is 11.9. The Morgan fingerprint density at radius 3 is 2.36 bits per heavy atom. The standard InChI is InChI=1S/C20H22O2/c1-13-5-7-14(8-6-13)16-12-19(21)22-18-10-9-15(11-17(16)18)20(2,3)4/h5-11,16H,12H2,1-4H3/t16-/m1/s1. The van der Waals surface area contributed by atoms with E-state index in [1.54, 1.807) is 0 Å². The monoisotopic (exact) mass is 294 g/mol. The Kier molecular flexibility index (Phi) is 3.56. The smallest absolute Gasteiger partial charge is 0.312 e. The molecule has 1 heterocycles. The highest BCUT2D eigenvalue weighted by atomic mass is 16.5. The van der Waals surface area contributed by atoms with Crippen molar-refractivity contribution in [2.45, 2.75) is 45.4 Å². The van der Waals surface area contributed by atoms with Crippen molar-refractivity contribution in [3.63, 3.8) is 0 Å². The summed E-state index contributed by atoms with van der Waals surface area (Å²) in [5, 5.41) is 0. The van der Waals surface area contributed by atoms with Crippen molar-refractivity contribution in [3.05, 3.63) is 64.7 Å². The predicted molar refractivity (Wildman–Crippen MR) is 88.4 cm³/mol. The summed E-state index contributed by atoms with van der Waals surface area (Å²) in [7, 11) is 0. The molecule has 2 heteroatoms. The zero-order chi connectivity index (χ0) is 15.9. The molecule has 114 valence electrons. The van der Waals surface area contributed by atoms with Crippen molar-refractivity contribution in [1.29, 1.82) is 0 Å². The van der Waals surface area contributed by atoms with Gasteiger partial charge in [0.1, 0.15) is 5.75 Å². The van der Waals surface area contributed by atoms with Crippen LogP contribution in [0.15, 0.2) is 42.5 Å². The van der Waals surface area contributed by atoms with E-state index in [-0.39, 0.29) is 17.3 Å². The Balaban J connectivity index is 2.10. The number of ether oxygens (including phenoxy) is 1. The molecule has 0 N–H and O–H groups in total. The molecule has 0 saturated carbocycles. The summed E-state index contributed by atoms with van der Waals surface area (Å²) in [6.45, 7) is 8.67. The molecule has 1 aliphatic heterocycles. The first kappa shape index (κ1) is 14.8. The molecule has 0 saturated heterocycles. The molecule has 1 aliphatic rings. The molecule has 0 fully saturated rings. The molecule has 0 bridgehead atoms. The van der Waals surface area contributed by atoms with Crippen LogP contribution in [0.1, 0.15) is 55.4 Å². The average Bonchev–Trinajstić information content (AvgIpc) is 2.45. The van der Waals surface area contributed by atoms with Gasteiger partial charge in [0.15, 0.2) is 0 Å². The topological polar surface area (TPSA) is 26.3 Å². The van der Waals surface area contributed by atoms with Crippen molar-refractivity contribution in [2.24, 2.45) is 0 Å². The lowest BCUT2D eigenvalue weighted by Crippen LogP contribution is -2.22. The molecule has 0 aliphatic carbocycles. The maximum Gasteiger partial charge on any atom is 0.312 e. The Morgan fingerprint density at radius 2 is 1.73 bits per heavy atom. The minimum Gasteiger partial charge on any atom is -0.426 e. The molecule has 2 aromatic rings. The first-order valence-electron chi connectivity index (χ1n) is 7.76. The molecule has 1 atom stereocenters. The third kappa shape index (κ3) is 2.78. The van der Waals surface area contributed by atoms with Crippen molar-refractivity contribution < 1.29 is 9.53 Å². The molecule has 22 heavy (non-hydrogen) atoms. The fraction of sp³-hybridized carbons (Fsp3) is 0.350. The van der Waals surface area contributed by atoms with E-state index in [1.165, 1.54) is 16.7 Å². The molecule has 2 aromatic carbocycles. The highest BCUT2D eigenvalue weighted by Crippen LogP contribution is 2.40. The van der Waals surface area contributed by atoms with E-state index in [4.69, 9.17) is 4.74 Å². The van der Waals surface area contributed by atoms with Crippen LogP contribution in [0.5, 0.6) is 5.75 Å². The van der Waals surface area contributed by atoms with Gasteiger partial charge >= 0.3 is 5.97 Å². The number of rotatable bonds is 1. The van der Waals surface area contributed by atoms with Crippen molar-refractivity contribution >= 4 is 5.97 Å². The number of fused-ring (bicyclic) bond motifs is 1. The molecule has 3 rings (SSSR count). The van der Waals surface area contributed by atoms with Gasteiger partial charge in [-0.15, -0.1) is 0 Å². The second kappa shape index (κ2) is 5.28. The number of carbonyl (C=O) groups excluding carboxylic acids is 1. The lowest BCUT2D eigenvalue weighted by molar-refractivity contribution is -0.135. The summed E-state index contributed by atoms with van der Waals surface area (Å²) < 4.78 is 5.44. The fourth-order valence-electron chi connectivity index (χ4n) is 2.92. The largest absolute Gasteiger partial charge is 0.426 e. The summed E-state index contributed by atoms with van der Waals surface area (Å²) in [6.07, 6.45) is 0.406. The van der Waals surface area contributed by atoms with Crippen LogP contribution >= 0.6 is 0 Å². The Morgan fingerprint density at radius 1 is 1.05 bits per heavy atom. The van der Waals surface area contributed by atoms with E-state index in [0.29, 0.717) is 12.2 Å². The summed E-state index contributed by atoms with van der Waals surface area (Å²) in [6, 6.07) is 14.6. The van der Waals surface area contributed by atoms with Crippen LogP contribution in [0.2, 0.25) is 0 Å². The van der Waals surface area contributed by atoms with E-state index in [2.05, 4.69) is 64.1 Å². The van der Waals surface area contributed by atoms with Gasteiger partial charge in [-0.25, -0.2) is 0 Å². The first-order valence-corrected chi connectivity index (χ1v) is 7.76. The number of hydrogen-bond acceptors (Lipinski definition) is 2. The van der Waals surface area contributed by atoms with Gasteiger partial charge in [-0.3, -0.25) is 4.79 Å². The molecule has 0 aromatic heterocycles. The van der Waals surface area contributed by atoms with Crippen molar-refractivity contribution in [2.75, 3.05) is 0 Å². The summed E-state index contributed by atoms with van der Waals surface area (Å²) in [5.41, 5.74) is 4.87. The number of hydrogen-bond donors (Lipinski definition) is 0.